The van der Waals surface area contributed by atoms with Gasteiger partial charge in [-0.05, 0) is 37.0 Å². The number of anilines is 1. The van der Waals surface area contributed by atoms with Gasteiger partial charge in [-0.3, -0.25) is 4.79 Å². The van der Waals surface area contributed by atoms with Gasteiger partial charge in [0.25, 0.3) is 5.91 Å². The van der Waals surface area contributed by atoms with Crippen LogP contribution in [0.15, 0.2) is 24.3 Å². The van der Waals surface area contributed by atoms with Crippen LogP contribution >= 0.6 is 0 Å². The lowest BCUT2D eigenvalue weighted by Crippen LogP contribution is -2.33. The van der Waals surface area contributed by atoms with Gasteiger partial charge in [-0.15, -0.1) is 0 Å². The molecule has 0 heterocycles. The van der Waals surface area contributed by atoms with Crippen molar-refractivity contribution in [1.82, 2.24) is 10.6 Å². The van der Waals surface area contributed by atoms with E-state index < -0.39 is 0 Å². The number of urea groups is 1. The van der Waals surface area contributed by atoms with Gasteiger partial charge in [0.2, 0.25) is 0 Å². The Kier molecular flexibility index (Phi) is 5.60. The lowest BCUT2D eigenvalue weighted by Gasteiger charge is -2.21. The molecule has 0 atom stereocenters. The fraction of sp³-hybridized carbons (Fsp3) is 0.500. The summed E-state index contributed by atoms with van der Waals surface area (Å²) in [7, 11) is 1.58. The molecular weight excluding hydrogens is 266 g/mol. The first-order chi connectivity index (χ1) is 10.2. The average molecular weight is 289 g/mol. The average Bonchev–Trinajstić information content (AvgIpc) is 2.53. The molecular formula is C16H23N3O2. The zero-order valence-electron chi connectivity index (χ0n) is 12.4. The molecule has 1 aliphatic rings. The maximum Gasteiger partial charge on any atom is 0.319 e. The van der Waals surface area contributed by atoms with Gasteiger partial charge in [-0.25, -0.2) is 4.79 Å². The third-order valence-electron chi connectivity index (χ3n) is 3.89. The molecule has 0 radical (unpaired) electrons. The van der Waals surface area contributed by atoms with Gasteiger partial charge >= 0.3 is 6.03 Å². The normalized spacial score (nSPS) is 15.3. The largest absolute Gasteiger partial charge is 0.355 e. The van der Waals surface area contributed by atoms with Gasteiger partial charge in [-0.2, -0.15) is 0 Å². The second-order valence-corrected chi connectivity index (χ2v) is 5.50. The fourth-order valence-corrected chi connectivity index (χ4v) is 2.69. The molecule has 1 fully saturated rings. The van der Waals surface area contributed by atoms with E-state index in [4.69, 9.17) is 0 Å². The van der Waals surface area contributed by atoms with Crippen molar-refractivity contribution >= 4 is 17.6 Å². The molecule has 1 saturated carbocycles. The van der Waals surface area contributed by atoms with Crippen LogP contribution in [0.3, 0.4) is 0 Å². The van der Waals surface area contributed by atoms with Crippen LogP contribution in [-0.4, -0.2) is 25.5 Å². The second-order valence-electron chi connectivity index (χ2n) is 5.50. The molecule has 0 unspecified atom stereocenters. The van der Waals surface area contributed by atoms with Gasteiger partial charge in [0.15, 0.2) is 0 Å². The minimum atomic E-state index is -0.213. The van der Waals surface area contributed by atoms with Gasteiger partial charge in [0.1, 0.15) is 0 Å². The molecule has 5 nitrogen and oxygen atoms in total. The molecule has 1 aliphatic carbocycles. The van der Waals surface area contributed by atoms with Crippen LogP contribution in [0.25, 0.3) is 0 Å². The number of hydrogen-bond acceptors (Lipinski definition) is 2. The van der Waals surface area contributed by atoms with Crippen molar-refractivity contribution in [3.63, 3.8) is 0 Å². The Labute approximate surface area is 125 Å². The van der Waals surface area contributed by atoms with Crippen molar-refractivity contribution in [2.75, 3.05) is 18.9 Å². The van der Waals surface area contributed by atoms with E-state index in [2.05, 4.69) is 16.0 Å². The zero-order chi connectivity index (χ0) is 15.1. The Morgan fingerprint density at radius 1 is 1.19 bits per heavy atom. The quantitative estimate of drug-likeness (QED) is 0.797. The van der Waals surface area contributed by atoms with E-state index in [0.717, 1.165) is 6.54 Å². The van der Waals surface area contributed by atoms with E-state index in [9.17, 15) is 9.59 Å². The molecule has 2 rings (SSSR count). The van der Waals surface area contributed by atoms with Gasteiger partial charge in [-0.1, -0.05) is 25.3 Å². The third kappa shape index (κ3) is 4.77. The molecule has 114 valence electrons. The molecule has 0 saturated heterocycles. The molecule has 1 aromatic carbocycles. The smallest absolute Gasteiger partial charge is 0.319 e. The molecule has 0 aromatic heterocycles. The first-order valence-corrected chi connectivity index (χ1v) is 7.56. The maximum atomic E-state index is 11.9. The van der Waals surface area contributed by atoms with Crippen molar-refractivity contribution in [2.24, 2.45) is 5.92 Å². The van der Waals surface area contributed by atoms with Crippen LogP contribution in [-0.2, 0) is 0 Å². The van der Waals surface area contributed by atoms with Crippen LogP contribution in [0, 0.1) is 5.92 Å². The Morgan fingerprint density at radius 3 is 2.67 bits per heavy atom. The minimum Gasteiger partial charge on any atom is -0.355 e. The monoisotopic (exact) mass is 289 g/mol. The summed E-state index contributed by atoms with van der Waals surface area (Å²) in [5.41, 5.74) is 1.15. The molecule has 0 aliphatic heterocycles. The minimum absolute atomic E-state index is 0.165. The van der Waals surface area contributed by atoms with Crippen molar-refractivity contribution in [3.8, 4) is 0 Å². The van der Waals surface area contributed by atoms with Crippen molar-refractivity contribution in [3.05, 3.63) is 29.8 Å². The number of benzene rings is 1. The van der Waals surface area contributed by atoms with Gasteiger partial charge < -0.3 is 16.0 Å². The summed E-state index contributed by atoms with van der Waals surface area (Å²) in [5, 5.41) is 8.25. The number of amides is 3. The highest BCUT2D eigenvalue weighted by atomic mass is 16.2. The summed E-state index contributed by atoms with van der Waals surface area (Å²) in [6, 6.07) is 6.69. The van der Waals surface area contributed by atoms with Crippen LogP contribution in [0.1, 0.15) is 42.5 Å². The van der Waals surface area contributed by atoms with Crippen LogP contribution < -0.4 is 16.0 Å². The number of carbonyl (C=O) groups is 2. The summed E-state index contributed by atoms with van der Waals surface area (Å²) in [5.74, 6) is 0.433. The van der Waals surface area contributed by atoms with E-state index in [1.807, 2.05) is 0 Å². The highest BCUT2D eigenvalue weighted by Crippen LogP contribution is 2.22. The van der Waals surface area contributed by atoms with Crippen LogP contribution in [0.4, 0.5) is 10.5 Å². The SMILES string of the molecule is CNC(=O)c1cccc(NC(=O)NCC2CCCCC2)c1. The van der Waals surface area contributed by atoms with Crippen molar-refractivity contribution < 1.29 is 9.59 Å². The fourth-order valence-electron chi connectivity index (χ4n) is 2.69. The number of carbonyl (C=O) groups excluding carboxylic acids is 2. The summed E-state index contributed by atoms with van der Waals surface area (Å²) >= 11 is 0. The molecule has 3 amide bonds. The topological polar surface area (TPSA) is 70.2 Å². The second kappa shape index (κ2) is 7.67. The lowest BCUT2D eigenvalue weighted by molar-refractivity contribution is 0.0963. The highest BCUT2D eigenvalue weighted by molar-refractivity contribution is 5.96. The van der Waals surface area contributed by atoms with Crippen LogP contribution in [0.2, 0.25) is 0 Å². The number of nitrogens with one attached hydrogen (secondary N) is 3. The first kappa shape index (κ1) is 15.4. The van der Waals surface area contributed by atoms with E-state index in [0.29, 0.717) is 17.2 Å². The molecule has 1 aromatic rings. The van der Waals surface area contributed by atoms with Gasteiger partial charge in [0.05, 0.1) is 0 Å². The summed E-state index contributed by atoms with van der Waals surface area (Å²) in [6.45, 7) is 0.723. The van der Waals surface area contributed by atoms with Crippen molar-refractivity contribution in [1.29, 1.82) is 0 Å². The first-order valence-electron chi connectivity index (χ1n) is 7.56. The molecule has 3 N–H and O–H groups in total. The summed E-state index contributed by atoms with van der Waals surface area (Å²) in [6.07, 6.45) is 6.25. The molecule has 0 bridgehead atoms. The highest BCUT2D eigenvalue weighted by Gasteiger charge is 2.14. The lowest BCUT2D eigenvalue weighted by atomic mass is 9.89. The zero-order valence-corrected chi connectivity index (χ0v) is 12.4. The predicted octanol–water partition coefficient (Wildman–Crippen LogP) is 2.75. The van der Waals surface area contributed by atoms with E-state index >= 15 is 0 Å². The Morgan fingerprint density at radius 2 is 1.95 bits per heavy atom. The third-order valence-corrected chi connectivity index (χ3v) is 3.89. The maximum absolute atomic E-state index is 11.9. The van der Waals surface area contributed by atoms with E-state index in [1.165, 1.54) is 32.1 Å². The van der Waals surface area contributed by atoms with Crippen molar-refractivity contribution in [2.45, 2.75) is 32.1 Å². The summed E-state index contributed by atoms with van der Waals surface area (Å²) in [4.78, 5) is 23.4. The molecule has 21 heavy (non-hydrogen) atoms. The molecule has 0 spiro atoms. The van der Waals surface area contributed by atoms with E-state index in [-0.39, 0.29) is 11.9 Å². The Balaban J connectivity index is 1.83. The number of rotatable bonds is 4. The Bertz CT molecular complexity index is 496. The predicted molar refractivity (Wildman–Crippen MR) is 83.4 cm³/mol. The summed E-state index contributed by atoms with van der Waals surface area (Å²) < 4.78 is 0. The Hall–Kier alpha value is -2.04. The van der Waals surface area contributed by atoms with E-state index in [1.54, 1.807) is 31.3 Å². The van der Waals surface area contributed by atoms with Gasteiger partial charge in [0, 0.05) is 24.8 Å². The van der Waals surface area contributed by atoms with Crippen LogP contribution in [0.5, 0.6) is 0 Å². The number of hydrogen-bond donors (Lipinski definition) is 3. The standard InChI is InChI=1S/C16H23N3O2/c1-17-15(20)13-8-5-9-14(10-13)19-16(21)18-11-12-6-3-2-4-7-12/h5,8-10,12H,2-4,6-7,11H2,1H3,(H,17,20)(H2,18,19,21). The molecule has 5 heteroatoms.